The van der Waals surface area contributed by atoms with E-state index in [0.717, 1.165) is 11.8 Å². The predicted molar refractivity (Wildman–Crippen MR) is 54.0 cm³/mol. The van der Waals surface area contributed by atoms with Crippen LogP contribution in [-0.2, 0) is 20.9 Å². The fourth-order valence-corrected chi connectivity index (χ4v) is 1.28. The molecule has 1 aromatic carbocycles. The second-order valence-corrected chi connectivity index (χ2v) is 4.45. The van der Waals surface area contributed by atoms with Gasteiger partial charge in [0.1, 0.15) is 0 Å². The van der Waals surface area contributed by atoms with E-state index in [1.807, 2.05) is 0 Å². The summed E-state index contributed by atoms with van der Waals surface area (Å²) in [4.78, 5) is 0. The van der Waals surface area contributed by atoms with Crippen LogP contribution in [-0.4, -0.2) is 14.7 Å². The van der Waals surface area contributed by atoms with Crippen molar-refractivity contribution in [1.29, 1.82) is 0 Å². The summed E-state index contributed by atoms with van der Waals surface area (Å²) in [6.07, 6.45) is 6.20. The third kappa shape index (κ3) is 3.60. The van der Waals surface area contributed by atoms with E-state index in [0.29, 0.717) is 5.56 Å². The van der Waals surface area contributed by atoms with Crippen molar-refractivity contribution < 1.29 is 12.6 Å². The third-order valence-corrected chi connectivity index (χ3v) is 2.08. The van der Waals surface area contributed by atoms with Gasteiger partial charge >= 0.3 is 0 Å². The molecule has 0 aliphatic carbocycles. The molecular formula is C10H10O3S. The molecule has 4 heteroatoms. The van der Waals surface area contributed by atoms with E-state index < -0.39 is 10.1 Å². The normalized spacial score (nSPS) is 10.9. The zero-order valence-corrected chi connectivity index (χ0v) is 8.54. The van der Waals surface area contributed by atoms with Crippen molar-refractivity contribution in [2.45, 2.75) is 6.61 Å². The van der Waals surface area contributed by atoms with Crippen molar-refractivity contribution in [3.8, 4) is 12.3 Å². The molecule has 0 unspecified atom stereocenters. The summed E-state index contributed by atoms with van der Waals surface area (Å²) < 4.78 is 26.0. The number of rotatable bonds is 3. The van der Waals surface area contributed by atoms with Crippen LogP contribution in [0.15, 0.2) is 24.3 Å². The molecule has 0 radical (unpaired) electrons. The van der Waals surface area contributed by atoms with Crippen molar-refractivity contribution in [1.82, 2.24) is 0 Å². The van der Waals surface area contributed by atoms with E-state index in [-0.39, 0.29) is 6.61 Å². The lowest BCUT2D eigenvalue weighted by Gasteiger charge is -2.01. The van der Waals surface area contributed by atoms with Gasteiger partial charge in [-0.2, -0.15) is 8.42 Å². The summed E-state index contributed by atoms with van der Waals surface area (Å²) in [5, 5.41) is 0. The summed E-state index contributed by atoms with van der Waals surface area (Å²) in [6.45, 7) is 0.0222. The van der Waals surface area contributed by atoms with Gasteiger partial charge in [-0.15, -0.1) is 6.42 Å². The largest absolute Gasteiger partial charge is 0.265 e. The molecular weight excluding hydrogens is 200 g/mol. The monoisotopic (exact) mass is 210 g/mol. The highest BCUT2D eigenvalue weighted by Gasteiger charge is 2.02. The molecule has 0 aliphatic heterocycles. The van der Waals surface area contributed by atoms with Crippen molar-refractivity contribution in [2.75, 3.05) is 6.26 Å². The van der Waals surface area contributed by atoms with Crippen molar-refractivity contribution in [3.63, 3.8) is 0 Å². The molecule has 1 rings (SSSR count). The molecule has 0 N–H and O–H groups in total. The minimum absolute atomic E-state index is 0.0222. The second-order valence-electron chi connectivity index (χ2n) is 2.81. The summed E-state index contributed by atoms with van der Waals surface area (Å²) >= 11 is 0. The van der Waals surface area contributed by atoms with E-state index in [1.165, 1.54) is 0 Å². The summed E-state index contributed by atoms with van der Waals surface area (Å²) in [5.74, 6) is 2.46. The maximum atomic E-state index is 10.7. The molecule has 0 saturated heterocycles. The quantitative estimate of drug-likeness (QED) is 0.555. The first-order valence-corrected chi connectivity index (χ1v) is 5.73. The average Bonchev–Trinajstić information content (AvgIpc) is 2.14. The number of terminal acetylenes is 1. The van der Waals surface area contributed by atoms with Gasteiger partial charge in [-0.3, -0.25) is 4.18 Å². The van der Waals surface area contributed by atoms with E-state index >= 15 is 0 Å². The maximum Gasteiger partial charge on any atom is 0.264 e. The molecule has 74 valence electrons. The molecule has 0 saturated carbocycles. The Morgan fingerprint density at radius 3 is 2.79 bits per heavy atom. The molecule has 0 heterocycles. The number of hydrogen-bond acceptors (Lipinski definition) is 3. The fourth-order valence-electron chi connectivity index (χ4n) is 0.926. The SMILES string of the molecule is C#Cc1cccc(COS(C)(=O)=O)c1. The highest BCUT2D eigenvalue weighted by atomic mass is 32.2. The van der Waals surface area contributed by atoms with Gasteiger partial charge in [0.05, 0.1) is 12.9 Å². The Balaban J connectivity index is 2.74. The molecule has 3 nitrogen and oxygen atoms in total. The maximum absolute atomic E-state index is 10.7. The van der Waals surface area contributed by atoms with Crippen LogP contribution in [0.1, 0.15) is 11.1 Å². The van der Waals surface area contributed by atoms with Crippen molar-refractivity contribution in [3.05, 3.63) is 35.4 Å². The van der Waals surface area contributed by atoms with Gasteiger partial charge in [-0.05, 0) is 17.7 Å². The van der Waals surface area contributed by atoms with Crippen molar-refractivity contribution in [2.24, 2.45) is 0 Å². The minimum atomic E-state index is -3.39. The standard InChI is InChI=1S/C10H10O3S/c1-3-9-5-4-6-10(7-9)8-13-14(2,11)12/h1,4-7H,8H2,2H3. The molecule has 0 spiro atoms. The highest BCUT2D eigenvalue weighted by Crippen LogP contribution is 2.06. The van der Waals surface area contributed by atoms with Gasteiger partial charge in [-0.25, -0.2) is 0 Å². The van der Waals surface area contributed by atoms with Crippen LogP contribution in [0.25, 0.3) is 0 Å². The van der Waals surface area contributed by atoms with Gasteiger partial charge in [-0.1, -0.05) is 18.1 Å². The summed E-state index contributed by atoms with van der Waals surface area (Å²) in [5.41, 5.74) is 1.45. The zero-order chi connectivity index (χ0) is 10.6. The first-order valence-electron chi connectivity index (χ1n) is 3.91. The Bertz CT molecular complexity index is 455. The molecule has 0 bridgehead atoms. The fraction of sp³-hybridized carbons (Fsp3) is 0.200. The Labute approximate surface area is 83.8 Å². The molecule has 0 amide bonds. The minimum Gasteiger partial charge on any atom is -0.265 e. The van der Waals surface area contributed by atoms with Gasteiger partial charge in [0.2, 0.25) is 0 Å². The van der Waals surface area contributed by atoms with E-state index in [4.69, 9.17) is 6.42 Å². The molecule has 0 atom stereocenters. The lowest BCUT2D eigenvalue weighted by atomic mass is 10.1. The predicted octanol–water partition coefficient (Wildman–Crippen LogP) is 1.14. The van der Waals surface area contributed by atoms with Gasteiger partial charge in [0.15, 0.2) is 0 Å². The zero-order valence-electron chi connectivity index (χ0n) is 7.73. The topological polar surface area (TPSA) is 43.4 Å². The lowest BCUT2D eigenvalue weighted by Crippen LogP contribution is -2.02. The van der Waals surface area contributed by atoms with Gasteiger partial charge in [0, 0.05) is 5.56 Å². The van der Waals surface area contributed by atoms with Crippen LogP contribution < -0.4 is 0 Å². The lowest BCUT2D eigenvalue weighted by molar-refractivity contribution is 0.311. The van der Waals surface area contributed by atoms with E-state index in [9.17, 15) is 8.42 Å². The average molecular weight is 210 g/mol. The van der Waals surface area contributed by atoms with E-state index in [2.05, 4.69) is 10.1 Å². The smallest absolute Gasteiger partial charge is 0.264 e. The highest BCUT2D eigenvalue weighted by molar-refractivity contribution is 7.85. The Morgan fingerprint density at radius 1 is 1.50 bits per heavy atom. The van der Waals surface area contributed by atoms with Crippen LogP contribution in [0.4, 0.5) is 0 Å². The molecule has 0 aromatic heterocycles. The van der Waals surface area contributed by atoms with Crippen LogP contribution in [0.2, 0.25) is 0 Å². The Hall–Kier alpha value is -1.31. The first-order chi connectivity index (χ1) is 6.51. The van der Waals surface area contributed by atoms with Crippen LogP contribution in [0.3, 0.4) is 0 Å². The van der Waals surface area contributed by atoms with Crippen molar-refractivity contribution >= 4 is 10.1 Å². The molecule has 1 aromatic rings. The second kappa shape index (κ2) is 4.27. The molecule has 0 fully saturated rings. The van der Waals surface area contributed by atoms with Crippen LogP contribution in [0, 0.1) is 12.3 Å². The summed E-state index contributed by atoms with van der Waals surface area (Å²) in [6, 6.07) is 7.00. The van der Waals surface area contributed by atoms with Gasteiger partial charge in [0.25, 0.3) is 10.1 Å². The first kappa shape index (κ1) is 10.8. The Morgan fingerprint density at radius 2 is 2.21 bits per heavy atom. The number of hydrogen-bond donors (Lipinski definition) is 0. The number of benzene rings is 1. The van der Waals surface area contributed by atoms with Crippen LogP contribution >= 0.6 is 0 Å². The van der Waals surface area contributed by atoms with Crippen LogP contribution in [0.5, 0.6) is 0 Å². The third-order valence-electron chi connectivity index (χ3n) is 1.53. The summed E-state index contributed by atoms with van der Waals surface area (Å²) in [7, 11) is -3.39. The van der Waals surface area contributed by atoms with E-state index in [1.54, 1.807) is 24.3 Å². The van der Waals surface area contributed by atoms with Gasteiger partial charge < -0.3 is 0 Å². The molecule has 14 heavy (non-hydrogen) atoms. The Kier molecular flexibility index (Phi) is 3.28. The molecule has 0 aliphatic rings.